The van der Waals surface area contributed by atoms with Crippen molar-refractivity contribution < 1.29 is 18.0 Å². The molecule has 0 spiro atoms. The monoisotopic (exact) mass is 379 g/mol. The molecular formula is C18H20F3N5O. The minimum Gasteiger partial charge on any atom is -0.365 e. The van der Waals surface area contributed by atoms with E-state index in [9.17, 15) is 18.0 Å². The lowest BCUT2D eigenvalue weighted by atomic mass is 10.1. The molecule has 1 aliphatic heterocycles. The number of carbonyl (C=O) groups is 1. The second kappa shape index (κ2) is 6.79. The third-order valence-corrected chi connectivity index (χ3v) is 4.22. The van der Waals surface area contributed by atoms with Crippen LogP contribution in [0.1, 0.15) is 32.9 Å². The third kappa shape index (κ3) is 4.35. The van der Waals surface area contributed by atoms with Crippen molar-refractivity contribution in [2.75, 3.05) is 11.9 Å². The van der Waals surface area contributed by atoms with Crippen molar-refractivity contribution in [3.63, 3.8) is 0 Å². The summed E-state index contributed by atoms with van der Waals surface area (Å²) in [5, 5.41) is 2.96. The number of alkyl halides is 3. The molecule has 0 aliphatic carbocycles. The van der Waals surface area contributed by atoms with Gasteiger partial charge in [0.2, 0.25) is 5.91 Å². The second-order valence-corrected chi connectivity index (χ2v) is 7.42. The highest BCUT2D eigenvalue weighted by molar-refractivity contribution is 5.80. The number of likely N-dealkylation sites (tertiary alicyclic amines) is 1. The summed E-state index contributed by atoms with van der Waals surface area (Å²) < 4.78 is 39.8. The number of anilines is 1. The molecule has 0 radical (unpaired) electrons. The molecule has 1 atom stereocenters. The molecule has 2 aromatic heterocycles. The van der Waals surface area contributed by atoms with Crippen LogP contribution in [0.15, 0.2) is 30.6 Å². The molecule has 1 amide bonds. The SMILES string of the molecule is CC(C)(C)N1CC(Nc2cc(C(F)(F)F)nc(-c3cccnc3)n2)CC1=O. The van der Waals surface area contributed by atoms with E-state index >= 15 is 0 Å². The van der Waals surface area contributed by atoms with Crippen molar-refractivity contribution in [3.8, 4) is 11.4 Å². The highest BCUT2D eigenvalue weighted by Gasteiger charge is 2.37. The van der Waals surface area contributed by atoms with Crippen LogP contribution >= 0.6 is 0 Å². The van der Waals surface area contributed by atoms with E-state index in [1.165, 1.54) is 12.4 Å². The van der Waals surface area contributed by atoms with Gasteiger partial charge in [-0.05, 0) is 32.9 Å². The summed E-state index contributed by atoms with van der Waals surface area (Å²) in [6, 6.07) is 3.73. The van der Waals surface area contributed by atoms with Crippen LogP contribution in [-0.4, -0.2) is 43.9 Å². The number of pyridine rings is 1. The van der Waals surface area contributed by atoms with E-state index in [1.807, 2.05) is 20.8 Å². The lowest BCUT2D eigenvalue weighted by molar-refractivity contribution is -0.141. The van der Waals surface area contributed by atoms with Gasteiger partial charge in [-0.1, -0.05) is 0 Å². The zero-order valence-electron chi connectivity index (χ0n) is 15.2. The molecule has 1 unspecified atom stereocenters. The van der Waals surface area contributed by atoms with Crippen molar-refractivity contribution in [2.24, 2.45) is 0 Å². The zero-order chi connectivity index (χ0) is 19.8. The summed E-state index contributed by atoms with van der Waals surface area (Å²) in [6.45, 7) is 6.15. The van der Waals surface area contributed by atoms with E-state index < -0.39 is 11.9 Å². The summed E-state index contributed by atoms with van der Waals surface area (Å²) in [5.74, 6) is -0.0836. The Labute approximate surface area is 154 Å². The topological polar surface area (TPSA) is 71.0 Å². The molecule has 1 fully saturated rings. The first-order chi connectivity index (χ1) is 12.5. The van der Waals surface area contributed by atoms with Gasteiger partial charge >= 0.3 is 6.18 Å². The molecule has 1 aliphatic rings. The van der Waals surface area contributed by atoms with Gasteiger partial charge in [0.25, 0.3) is 0 Å². The Kier molecular flexibility index (Phi) is 4.79. The Morgan fingerprint density at radius 1 is 1.22 bits per heavy atom. The molecule has 144 valence electrons. The quantitative estimate of drug-likeness (QED) is 0.885. The third-order valence-electron chi connectivity index (χ3n) is 4.22. The zero-order valence-corrected chi connectivity index (χ0v) is 15.2. The van der Waals surface area contributed by atoms with Crippen LogP contribution in [0.3, 0.4) is 0 Å². The lowest BCUT2D eigenvalue weighted by Gasteiger charge is -2.32. The fraction of sp³-hybridized carbons (Fsp3) is 0.444. The summed E-state index contributed by atoms with van der Waals surface area (Å²) in [5.41, 5.74) is -1.02. The number of rotatable bonds is 3. The van der Waals surface area contributed by atoms with Gasteiger partial charge in [-0.15, -0.1) is 0 Å². The molecule has 1 saturated heterocycles. The number of halogens is 3. The maximum atomic E-state index is 13.3. The maximum absolute atomic E-state index is 13.3. The Balaban J connectivity index is 1.90. The fourth-order valence-corrected chi connectivity index (χ4v) is 2.95. The first-order valence-electron chi connectivity index (χ1n) is 8.48. The predicted octanol–water partition coefficient (Wildman–Crippen LogP) is 3.37. The molecule has 1 N–H and O–H groups in total. The number of hydrogen-bond donors (Lipinski definition) is 1. The van der Waals surface area contributed by atoms with Crippen molar-refractivity contribution in [2.45, 2.75) is 44.9 Å². The van der Waals surface area contributed by atoms with E-state index in [4.69, 9.17) is 0 Å². The molecule has 2 aromatic rings. The van der Waals surface area contributed by atoms with Gasteiger partial charge in [0.05, 0.1) is 6.04 Å². The smallest absolute Gasteiger partial charge is 0.365 e. The number of nitrogens with one attached hydrogen (secondary N) is 1. The van der Waals surface area contributed by atoms with Crippen molar-refractivity contribution >= 4 is 11.7 Å². The standard InChI is InChI=1S/C18H20F3N5O/c1-17(2,3)26-10-12(7-15(26)27)23-14-8-13(18(19,20)21)24-16(25-14)11-5-4-6-22-9-11/h4-6,8-9,12H,7,10H2,1-3H3,(H,23,24,25). The van der Waals surface area contributed by atoms with E-state index in [1.54, 1.807) is 17.0 Å². The average molecular weight is 379 g/mol. The van der Waals surface area contributed by atoms with Gasteiger partial charge < -0.3 is 10.2 Å². The van der Waals surface area contributed by atoms with Gasteiger partial charge in [-0.2, -0.15) is 13.2 Å². The number of nitrogens with zero attached hydrogens (tertiary/aromatic N) is 4. The number of amides is 1. The highest BCUT2D eigenvalue weighted by Crippen LogP contribution is 2.31. The lowest BCUT2D eigenvalue weighted by Crippen LogP contribution is -2.43. The molecule has 0 bridgehead atoms. The molecule has 3 heterocycles. The van der Waals surface area contributed by atoms with Gasteiger partial charge in [-0.25, -0.2) is 9.97 Å². The van der Waals surface area contributed by atoms with Gasteiger partial charge in [0, 0.05) is 42.5 Å². The van der Waals surface area contributed by atoms with Crippen molar-refractivity contribution in [3.05, 3.63) is 36.3 Å². The maximum Gasteiger partial charge on any atom is 0.433 e. The number of carbonyl (C=O) groups excluding carboxylic acids is 1. The molecule has 6 nitrogen and oxygen atoms in total. The number of hydrogen-bond acceptors (Lipinski definition) is 5. The summed E-state index contributed by atoms with van der Waals surface area (Å²) >= 11 is 0. The van der Waals surface area contributed by atoms with Crippen LogP contribution in [0.4, 0.5) is 19.0 Å². The first kappa shape index (κ1) is 19.1. The van der Waals surface area contributed by atoms with E-state index in [2.05, 4.69) is 20.3 Å². The Morgan fingerprint density at radius 3 is 2.52 bits per heavy atom. The minimum atomic E-state index is -4.61. The summed E-state index contributed by atoms with van der Waals surface area (Å²) in [6.07, 6.45) is -1.49. The van der Waals surface area contributed by atoms with E-state index in [-0.39, 0.29) is 35.6 Å². The largest absolute Gasteiger partial charge is 0.433 e. The average Bonchev–Trinajstić information content (AvgIpc) is 2.95. The molecule has 0 aromatic carbocycles. The van der Waals surface area contributed by atoms with Crippen molar-refractivity contribution in [1.29, 1.82) is 0 Å². The van der Waals surface area contributed by atoms with E-state index in [0.29, 0.717) is 12.1 Å². The van der Waals surface area contributed by atoms with E-state index in [0.717, 1.165) is 6.07 Å². The molecule has 0 saturated carbocycles. The van der Waals surface area contributed by atoms with Crippen LogP contribution in [0, 0.1) is 0 Å². The van der Waals surface area contributed by atoms with Crippen LogP contribution in [0.5, 0.6) is 0 Å². The number of aromatic nitrogens is 3. The summed E-state index contributed by atoms with van der Waals surface area (Å²) in [4.78, 5) is 25.6. The van der Waals surface area contributed by atoms with Crippen LogP contribution in [0.25, 0.3) is 11.4 Å². The molecule has 27 heavy (non-hydrogen) atoms. The van der Waals surface area contributed by atoms with Crippen LogP contribution in [-0.2, 0) is 11.0 Å². The highest BCUT2D eigenvalue weighted by atomic mass is 19.4. The fourth-order valence-electron chi connectivity index (χ4n) is 2.95. The molecule has 3 rings (SSSR count). The predicted molar refractivity (Wildman–Crippen MR) is 93.8 cm³/mol. The Morgan fingerprint density at radius 2 is 1.96 bits per heavy atom. The van der Waals surface area contributed by atoms with Crippen LogP contribution in [0.2, 0.25) is 0 Å². The minimum absolute atomic E-state index is 0.0322. The Bertz CT molecular complexity index is 833. The normalized spacial score (nSPS) is 18.1. The first-order valence-corrected chi connectivity index (χ1v) is 8.48. The van der Waals surface area contributed by atoms with Gasteiger partial charge in [0.15, 0.2) is 11.5 Å². The Hall–Kier alpha value is -2.71. The van der Waals surface area contributed by atoms with Crippen molar-refractivity contribution in [1.82, 2.24) is 19.9 Å². The van der Waals surface area contributed by atoms with Gasteiger partial charge in [-0.3, -0.25) is 9.78 Å². The molecular weight excluding hydrogens is 359 g/mol. The molecule has 9 heteroatoms. The second-order valence-electron chi connectivity index (χ2n) is 7.42. The van der Waals surface area contributed by atoms with Gasteiger partial charge in [0.1, 0.15) is 5.82 Å². The van der Waals surface area contributed by atoms with Crippen LogP contribution < -0.4 is 5.32 Å². The summed E-state index contributed by atoms with van der Waals surface area (Å²) in [7, 11) is 0.